The number of aliphatic carboxylic acids is 1. The molecule has 0 aromatic carbocycles. The Kier molecular flexibility index (Phi) is 6.14. The Morgan fingerprint density at radius 3 is 2.59 bits per heavy atom. The largest absolute Gasteiger partial charge is 0.478 e. The molecule has 124 valence electrons. The van der Waals surface area contributed by atoms with Gasteiger partial charge in [-0.05, 0) is 30.6 Å². The van der Waals surface area contributed by atoms with Crippen LogP contribution in [0.15, 0.2) is 18.0 Å². The van der Waals surface area contributed by atoms with Crippen molar-refractivity contribution >= 4 is 20.4 Å². The maximum atomic E-state index is 11.1. The summed E-state index contributed by atoms with van der Waals surface area (Å²) in [6.45, 7) is 14.2. The Labute approximate surface area is 134 Å². The quantitative estimate of drug-likeness (QED) is 0.612. The van der Waals surface area contributed by atoms with Crippen LogP contribution in [-0.4, -0.2) is 35.6 Å². The van der Waals surface area contributed by atoms with Crippen LogP contribution in [0, 0.1) is 0 Å². The number of nitrogens with zero attached hydrogens (tertiary/aromatic N) is 2. The summed E-state index contributed by atoms with van der Waals surface area (Å²) in [5, 5.41) is 9.29. The predicted molar refractivity (Wildman–Crippen MR) is 91.3 cm³/mol. The number of aromatic nitrogens is 2. The molecule has 1 N–H and O–H groups in total. The van der Waals surface area contributed by atoms with Gasteiger partial charge in [-0.1, -0.05) is 27.7 Å². The molecule has 0 amide bonds. The Hall–Kier alpha value is -1.40. The minimum atomic E-state index is -1.76. The van der Waals surface area contributed by atoms with E-state index in [0.29, 0.717) is 31.0 Å². The van der Waals surface area contributed by atoms with Crippen LogP contribution >= 0.6 is 0 Å². The first-order chi connectivity index (χ1) is 10.1. The van der Waals surface area contributed by atoms with Crippen molar-refractivity contribution in [2.45, 2.75) is 58.8 Å². The van der Waals surface area contributed by atoms with Crippen molar-refractivity contribution < 1.29 is 14.3 Å². The second-order valence-electron chi connectivity index (χ2n) is 6.92. The average molecular weight is 324 g/mol. The van der Waals surface area contributed by atoms with E-state index < -0.39 is 14.3 Å². The van der Waals surface area contributed by atoms with Gasteiger partial charge in [-0.15, -0.1) is 0 Å². The highest BCUT2D eigenvalue weighted by atomic mass is 28.4. The van der Waals surface area contributed by atoms with Gasteiger partial charge in [-0.3, -0.25) is 0 Å². The van der Waals surface area contributed by atoms with E-state index in [1.54, 1.807) is 12.3 Å². The minimum absolute atomic E-state index is 0.184. The zero-order valence-electron chi connectivity index (χ0n) is 14.5. The fourth-order valence-electron chi connectivity index (χ4n) is 1.74. The highest BCUT2D eigenvalue weighted by Crippen LogP contribution is 2.36. The predicted octanol–water partition coefficient (Wildman–Crippen LogP) is 3.78. The zero-order valence-corrected chi connectivity index (χ0v) is 15.5. The SMILES string of the molecule is CC/C(=C\c1nccn1CCO[Si](C)(C)C(C)(C)C)C(=O)O. The number of hydrogen-bond donors (Lipinski definition) is 1. The van der Waals surface area contributed by atoms with Gasteiger partial charge in [-0.2, -0.15) is 0 Å². The molecule has 0 spiro atoms. The molecule has 0 aliphatic rings. The molecule has 0 unspecified atom stereocenters. The van der Waals surface area contributed by atoms with Crippen LogP contribution < -0.4 is 0 Å². The van der Waals surface area contributed by atoms with Gasteiger partial charge in [0, 0.05) is 24.5 Å². The average Bonchev–Trinajstić information content (AvgIpc) is 2.81. The fourth-order valence-corrected chi connectivity index (χ4v) is 2.77. The van der Waals surface area contributed by atoms with Crippen molar-refractivity contribution in [3.63, 3.8) is 0 Å². The molecule has 0 saturated heterocycles. The van der Waals surface area contributed by atoms with Crippen LogP contribution in [0.4, 0.5) is 0 Å². The van der Waals surface area contributed by atoms with Crippen LogP contribution in [-0.2, 0) is 15.8 Å². The first-order valence-corrected chi connectivity index (χ1v) is 10.6. The molecule has 22 heavy (non-hydrogen) atoms. The third kappa shape index (κ3) is 4.81. The first-order valence-electron chi connectivity index (χ1n) is 7.67. The molecule has 1 rings (SSSR count). The number of imidazole rings is 1. The van der Waals surface area contributed by atoms with E-state index in [4.69, 9.17) is 9.53 Å². The molecular formula is C16H28N2O3Si. The third-order valence-electron chi connectivity index (χ3n) is 4.31. The molecule has 1 aromatic rings. The van der Waals surface area contributed by atoms with E-state index in [2.05, 4.69) is 38.8 Å². The van der Waals surface area contributed by atoms with E-state index in [0.717, 1.165) is 0 Å². The monoisotopic (exact) mass is 324 g/mol. The standard InChI is InChI=1S/C16H28N2O3Si/c1-7-13(15(19)20)12-14-17-8-9-18(14)10-11-21-22(5,6)16(2,3)4/h8-9,12H,7,10-11H2,1-6H3,(H,19,20)/b13-12+. The van der Waals surface area contributed by atoms with E-state index in [1.807, 2.05) is 17.7 Å². The van der Waals surface area contributed by atoms with Gasteiger partial charge in [0.1, 0.15) is 5.82 Å². The summed E-state index contributed by atoms with van der Waals surface area (Å²) in [6, 6.07) is 0. The molecule has 5 nitrogen and oxygen atoms in total. The van der Waals surface area contributed by atoms with Crippen molar-refractivity contribution in [2.24, 2.45) is 0 Å². The second-order valence-corrected chi connectivity index (χ2v) is 11.7. The van der Waals surface area contributed by atoms with E-state index in [9.17, 15) is 4.79 Å². The van der Waals surface area contributed by atoms with Gasteiger partial charge in [0.15, 0.2) is 8.32 Å². The summed E-state index contributed by atoms with van der Waals surface area (Å²) in [7, 11) is -1.76. The van der Waals surface area contributed by atoms with Gasteiger partial charge in [0.05, 0.1) is 6.61 Å². The number of carbonyl (C=O) groups is 1. The van der Waals surface area contributed by atoms with E-state index in [1.165, 1.54) is 0 Å². The third-order valence-corrected chi connectivity index (χ3v) is 8.85. The van der Waals surface area contributed by atoms with Crippen molar-refractivity contribution in [2.75, 3.05) is 6.61 Å². The highest BCUT2D eigenvalue weighted by molar-refractivity contribution is 6.74. The smallest absolute Gasteiger partial charge is 0.331 e. The number of carboxylic acids is 1. The maximum absolute atomic E-state index is 11.1. The summed E-state index contributed by atoms with van der Waals surface area (Å²) >= 11 is 0. The Bertz CT molecular complexity index is 542. The summed E-state index contributed by atoms with van der Waals surface area (Å²) in [5.41, 5.74) is 0.359. The highest BCUT2D eigenvalue weighted by Gasteiger charge is 2.36. The van der Waals surface area contributed by atoms with Gasteiger partial charge >= 0.3 is 5.97 Å². The molecule has 0 atom stereocenters. The summed E-state index contributed by atoms with van der Waals surface area (Å²) in [6.07, 6.45) is 5.65. The normalized spacial score (nSPS) is 13.5. The van der Waals surface area contributed by atoms with Crippen LogP contribution in [0.5, 0.6) is 0 Å². The molecule has 0 aliphatic carbocycles. The molecule has 6 heteroatoms. The van der Waals surface area contributed by atoms with Gasteiger partial charge in [0.2, 0.25) is 0 Å². The molecule has 0 fully saturated rings. The first kappa shape index (κ1) is 18.6. The lowest BCUT2D eigenvalue weighted by Gasteiger charge is -2.36. The summed E-state index contributed by atoms with van der Waals surface area (Å²) in [5.74, 6) is -0.229. The molecule has 1 heterocycles. The van der Waals surface area contributed by atoms with Crippen molar-refractivity contribution in [1.29, 1.82) is 0 Å². The van der Waals surface area contributed by atoms with Crippen LogP contribution in [0.2, 0.25) is 18.1 Å². The van der Waals surface area contributed by atoms with Gasteiger partial charge in [0.25, 0.3) is 0 Å². The Balaban J connectivity index is 2.74. The van der Waals surface area contributed by atoms with Crippen LogP contribution in [0.1, 0.15) is 39.9 Å². The zero-order chi connectivity index (χ0) is 17.0. The van der Waals surface area contributed by atoms with Crippen LogP contribution in [0.25, 0.3) is 6.08 Å². The van der Waals surface area contributed by atoms with E-state index in [-0.39, 0.29) is 5.04 Å². The van der Waals surface area contributed by atoms with Crippen molar-refractivity contribution in [3.05, 3.63) is 23.8 Å². The fraction of sp³-hybridized carbons (Fsp3) is 0.625. The Morgan fingerprint density at radius 2 is 2.09 bits per heavy atom. The molecule has 1 aromatic heterocycles. The van der Waals surface area contributed by atoms with Gasteiger partial charge < -0.3 is 14.1 Å². The minimum Gasteiger partial charge on any atom is -0.478 e. The molecule has 0 saturated carbocycles. The molecular weight excluding hydrogens is 296 g/mol. The second kappa shape index (κ2) is 7.24. The van der Waals surface area contributed by atoms with Crippen molar-refractivity contribution in [1.82, 2.24) is 9.55 Å². The number of hydrogen-bond acceptors (Lipinski definition) is 3. The van der Waals surface area contributed by atoms with Crippen molar-refractivity contribution in [3.8, 4) is 0 Å². The number of rotatable bonds is 7. The lowest BCUT2D eigenvalue weighted by molar-refractivity contribution is -0.132. The topological polar surface area (TPSA) is 64.4 Å². The molecule has 0 aliphatic heterocycles. The Morgan fingerprint density at radius 1 is 1.45 bits per heavy atom. The van der Waals surface area contributed by atoms with Crippen LogP contribution in [0.3, 0.4) is 0 Å². The van der Waals surface area contributed by atoms with E-state index >= 15 is 0 Å². The van der Waals surface area contributed by atoms with Gasteiger partial charge in [-0.25, -0.2) is 9.78 Å². The molecule has 0 bridgehead atoms. The maximum Gasteiger partial charge on any atom is 0.331 e. The summed E-state index contributed by atoms with van der Waals surface area (Å²) in [4.78, 5) is 15.3. The molecule has 0 radical (unpaired) electrons. The lowest BCUT2D eigenvalue weighted by Crippen LogP contribution is -2.41. The summed E-state index contributed by atoms with van der Waals surface area (Å²) < 4.78 is 8.09. The number of carboxylic acid groups (broad SMARTS) is 1. The lowest BCUT2D eigenvalue weighted by atomic mass is 10.2.